The number of rotatable bonds is 7. The van der Waals surface area contributed by atoms with Crippen LogP contribution in [0.5, 0.6) is 0 Å². The number of carbonyl (C=O) groups excluding carboxylic acids is 1. The van der Waals surface area contributed by atoms with Crippen molar-refractivity contribution in [2.24, 2.45) is 5.92 Å². The fourth-order valence-corrected chi connectivity index (χ4v) is 6.00. The van der Waals surface area contributed by atoms with Gasteiger partial charge in [0.15, 0.2) is 9.84 Å². The Morgan fingerprint density at radius 2 is 2.22 bits per heavy atom. The lowest BCUT2D eigenvalue weighted by atomic mass is 9.91. The molecule has 0 saturated carbocycles. The Kier molecular flexibility index (Phi) is 6.18. The fourth-order valence-electron chi connectivity index (χ4n) is 4.04. The van der Waals surface area contributed by atoms with Crippen LogP contribution in [-0.4, -0.2) is 55.6 Å². The smallest absolute Gasteiger partial charge is 0.226 e. The first kappa shape index (κ1) is 20.2. The number of nitrogens with zero attached hydrogens (tertiary/aromatic N) is 1. The van der Waals surface area contributed by atoms with Gasteiger partial charge in [-0.3, -0.25) is 9.78 Å². The van der Waals surface area contributed by atoms with Crippen LogP contribution in [0.25, 0.3) is 0 Å². The molecule has 0 bridgehead atoms. The van der Waals surface area contributed by atoms with Crippen molar-refractivity contribution in [3.8, 4) is 0 Å². The quantitative estimate of drug-likeness (QED) is 0.714. The zero-order valence-corrected chi connectivity index (χ0v) is 16.8. The van der Waals surface area contributed by atoms with E-state index in [1.165, 1.54) is 0 Å². The number of aromatic nitrogens is 1. The lowest BCUT2D eigenvalue weighted by molar-refractivity contribution is -0.127. The molecule has 0 radical (unpaired) electrons. The molecule has 150 valence electrons. The first-order valence-electron chi connectivity index (χ1n) is 9.58. The molecule has 27 heavy (non-hydrogen) atoms. The van der Waals surface area contributed by atoms with Crippen molar-refractivity contribution in [1.82, 2.24) is 15.6 Å². The number of hydrogen-bond acceptors (Lipinski definition) is 6. The van der Waals surface area contributed by atoms with E-state index in [-0.39, 0.29) is 23.0 Å². The van der Waals surface area contributed by atoms with E-state index in [0.717, 1.165) is 30.5 Å². The molecule has 3 rings (SSSR count). The molecule has 2 fully saturated rings. The van der Waals surface area contributed by atoms with Crippen molar-refractivity contribution in [3.63, 3.8) is 0 Å². The summed E-state index contributed by atoms with van der Waals surface area (Å²) in [5.74, 6) is -0.909. The number of carbonyl (C=O) groups is 1. The molecule has 2 saturated heterocycles. The molecule has 1 aromatic rings. The predicted molar refractivity (Wildman–Crippen MR) is 103 cm³/mol. The van der Waals surface area contributed by atoms with Crippen molar-refractivity contribution < 1.29 is 17.9 Å². The summed E-state index contributed by atoms with van der Waals surface area (Å²) in [5.41, 5.74) is 1.55. The number of amides is 1. The third-order valence-corrected chi connectivity index (χ3v) is 7.29. The van der Waals surface area contributed by atoms with Gasteiger partial charge in [0.1, 0.15) is 0 Å². The largest absolute Gasteiger partial charge is 0.379 e. The first-order valence-corrected chi connectivity index (χ1v) is 11.4. The van der Waals surface area contributed by atoms with Gasteiger partial charge in [0.2, 0.25) is 5.91 Å². The van der Waals surface area contributed by atoms with Crippen molar-refractivity contribution in [2.45, 2.75) is 51.2 Å². The number of nitrogens with one attached hydrogen (secondary N) is 2. The van der Waals surface area contributed by atoms with Crippen LogP contribution in [0.15, 0.2) is 18.3 Å². The molecule has 2 aliphatic heterocycles. The highest BCUT2D eigenvalue weighted by atomic mass is 32.2. The van der Waals surface area contributed by atoms with Gasteiger partial charge in [-0.25, -0.2) is 8.42 Å². The van der Waals surface area contributed by atoms with Gasteiger partial charge in [0.05, 0.1) is 35.3 Å². The van der Waals surface area contributed by atoms with Crippen LogP contribution in [0.2, 0.25) is 0 Å². The third-order valence-electron chi connectivity index (χ3n) is 5.56. The van der Waals surface area contributed by atoms with Crippen LogP contribution >= 0.6 is 0 Å². The average Bonchev–Trinajstić information content (AvgIpc) is 3.18. The second-order valence-electron chi connectivity index (χ2n) is 7.76. The maximum atomic E-state index is 13.0. The lowest BCUT2D eigenvalue weighted by Gasteiger charge is -2.31. The molecule has 2 aliphatic rings. The summed E-state index contributed by atoms with van der Waals surface area (Å²) in [6, 6.07) is 3.43. The van der Waals surface area contributed by atoms with Gasteiger partial charge in [0.25, 0.3) is 0 Å². The minimum Gasteiger partial charge on any atom is -0.379 e. The number of pyridine rings is 1. The Morgan fingerprint density at radius 3 is 2.89 bits per heavy atom. The van der Waals surface area contributed by atoms with Crippen molar-refractivity contribution >= 4 is 15.7 Å². The highest BCUT2D eigenvalue weighted by Gasteiger charge is 2.44. The van der Waals surface area contributed by atoms with Crippen molar-refractivity contribution in [1.29, 1.82) is 0 Å². The first-order chi connectivity index (χ1) is 12.8. The Balaban J connectivity index is 1.69. The molecule has 0 aromatic carbocycles. The van der Waals surface area contributed by atoms with Crippen LogP contribution in [-0.2, 0) is 25.9 Å². The second-order valence-corrected chi connectivity index (χ2v) is 9.91. The van der Waals surface area contributed by atoms with Crippen molar-refractivity contribution in [3.05, 3.63) is 29.6 Å². The monoisotopic (exact) mass is 395 g/mol. The Morgan fingerprint density at radius 1 is 1.41 bits per heavy atom. The van der Waals surface area contributed by atoms with E-state index in [9.17, 15) is 13.2 Å². The topological polar surface area (TPSA) is 97.4 Å². The van der Waals surface area contributed by atoms with E-state index >= 15 is 0 Å². The number of ether oxygens (including phenoxy) is 1. The SMILES string of the molecule is CCCC1(NC(=O)[C@@H]2CS(=O)(=O)C[C@H]2NCc2ncccc2C)CCOC1. The molecule has 1 amide bonds. The third kappa shape index (κ3) is 4.86. The molecule has 8 heteroatoms. The van der Waals surface area contributed by atoms with Gasteiger partial charge in [-0.1, -0.05) is 19.4 Å². The van der Waals surface area contributed by atoms with Crippen LogP contribution in [0, 0.1) is 12.8 Å². The van der Waals surface area contributed by atoms with E-state index in [2.05, 4.69) is 22.5 Å². The minimum absolute atomic E-state index is 0.0196. The zero-order valence-electron chi connectivity index (χ0n) is 16.0. The maximum absolute atomic E-state index is 13.0. The van der Waals surface area contributed by atoms with Gasteiger partial charge < -0.3 is 15.4 Å². The number of sulfone groups is 1. The molecular weight excluding hydrogens is 366 g/mol. The van der Waals surface area contributed by atoms with Gasteiger partial charge in [-0.15, -0.1) is 0 Å². The number of hydrogen-bond donors (Lipinski definition) is 2. The summed E-state index contributed by atoms with van der Waals surface area (Å²) < 4.78 is 29.9. The Labute approximate surface area is 161 Å². The highest BCUT2D eigenvalue weighted by molar-refractivity contribution is 7.91. The van der Waals surface area contributed by atoms with Gasteiger partial charge in [-0.05, 0) is 31.4 Å². The lowest BCUT2D eigenvalue weighted by Crippen LogP contribution is -2.54. The van der Waals surface area contributed by atoms with E-state index in [0.29, 0.717) is 19.8 Å². The van der Waals surface area contributed by atoms with Gasteiger partial charge in [0, 0.05) is 25.4 Å². The molecule has 0 spiro atoms. The summed E-state index contributed by atoms with van der Waals surface area (Å²) in [6.07, 6.45) is 4.27. The van der Waals surface area contributed by atoms with Crippen LogP contribution in [0.4, 0.5) is 0 Å². The molecule has 7 nitrogen and oxygen atoms in total. The summed E-state index contributed by atoms with van der Waals surface area (Å²) >= 11 is 0. The second kappa shape index (κ2) is 8.24. The summed E-state index contributed by atoms with van der Waals surface area (Å²) in [5, 5.41) is 6.39. The van der Waals surface area contributed by atoms with Crippen LogP contribution in [0.1, 0.15) is 37.4 Å². The summed E-state index contributed by atoms with van der Waals surface area (Å²) in [7, 11) is -3.24. The molecule has 1 aromatic heterocycles. The molecule has 2 N–H and O–H groups in total. The van der Waals surface area contributed by atoms with E-state index < -0.39 is 21.8 Å². The van der Waals surface area contributed by atoms with Gasteiger partial charge >= 0.3 is 0 Å². The molecule has 0 aliphatic carbocycles. The molecule has 3 atom stereocenters. The van der Waals surface area contributed by atoms with E-state index in [1.807, 2.05) is 19.1 Å². The van der Waals surface area contributed by atoms with Crippen LogP contribution < -0.4 is 10.6 Å². The Bertz CT molecular complexity index is 775. The molecule has 3 heterocycles. The number of aryl methyl sites for hydroxylation is 1. The maximum Gasteiger partial charge on any atom is 0.226 e. The Hall–Kier alpha value is -1.51. The average molecular weight is 396 g/mol. The highest BCUT2D eigenvalue weighted by Crippen LogP contribution is 2.27. The molecule has 1 unspecified atom stereocenters. The summed E-state index contributed by atoms with van der Waals surface area (Å²) in [6.45, 7) is 5.61. The standard InChI is InChI=1S/C19H29N3O4S/c1-3-6-19(7-9-26-13-19)22-18(23)15-11-27(24,25)12-17(15)21-10-16-14(2)5-4-8-20-16/h4-5,8,15,17,21H,3,6-7,9-13H2,1-2H3,(H,22,23)/t15-,17-,19?/m1/s1. The fraction of sp³-hybridized carbons (Fsp3) is 0.684. The van der Waals surface area contributed by atoms with Crippen LogP contribution in [0.3, 0.4) is 0 Å². The predicted octanol–water partition coefficient (Wildman–Crippen LogP) is 0.968. The van der Waals surface area contributed by atoms with Crippen molar-refractivity contribution in [2.75, 3.05) is 24.7 Å². The molecular formula is C19H29N3O4S. The normalized spacial score (nSPS) is 29.7. The van der Waals surface area contributed by atoms with E-state index in [1.54, 1.807) is 6.20 Å². The minimum atomic E-state index is -3.24. The van der Waals surface area contributed by atoms with Gasteiger partial charge in [-0.2, -0.15) is 0 Å². The summed E-state index contributed by atoms with van der Waals surface area (Å²) in [4.78, 5) is 17.3. The zero-order chi connectivity index (χ0) is 19.5. The van der Waals surface area contributed by atoms with E-state index in [4.69, 9.17) is 4.74 Å².